The summed E-state index contributed by atoms with van der Waals surface area (Å²) in [7, 11) is 3.46. The van der Waals surface area contributed by atoms with Gasteiger partial charge >= 0.3 is 0 Å². The highest BCUT2D eigenvalue weighted by Gasteiger charge is 2.19. The van der Waals surface area contributed by atoms with E-state index < -0.39 is 0 Å². The van der Waals surface area contributed by atoms with Gasteiger partial charge in [-0.3, -0.25) is 4.79 Å². The number of hydrogen-bond donors (Lipinski definition) is 0. The number of aromatic nitrogens is 4. The SMILES string of the molecule is COCCCn1c(C)cc(C(=O)CSc2nnc(-c3ccccc3F)n2C)c1C. The maximum atomic E-state index is 14.0. The fourth-order valence-electron chi connectivity index (χ4n) is 3.32. The fourth-order valence-corrected chi connectivity index (χ4v) is 4.11. The molecule has 0 aliphatic rings. The molecular formula is C21H25FN4O2S. The number of aryl methyl sites for hydroxylation is 1. The summed E-state index contributed by atoms with van der Waals surface area (Å²) in [6.45, 7) is 5.48. The first-order valence-corrected chi connectivity index (χ1v) is 10.4. The van der Waals surface area contributed by atoms with E-state index in [1.54, 1.807) is 36.9 Å². The molecule has 2 heterocycles. The molecule has 0 spiro atoms. The van der Waals surface area contributed by atoms with Crippen LogP contribution >= 0.6 is 11.8 Å². The van der Waals surface area contributed by atoms with Gasteiger partial charge in [0, 0.05) is 44.3 Å². The van der Waals surface area contributed by atoms with Gasteiger partial charge in [-0.15, -0.1) is 10.2 Å². The number of carbonyl (C=O) groups is 1. The molecule has 0 radical (unpaired) electrons. The Labute approximate surface area is 174 Å². The lowest BCUT2D eigenvalue weighted by atomic mass is 10.2. The van der Waals surface area contributed by atoms with E-state index in [0.717, 1.165) is 29.9 Å². The van der Waals surface area contributed by atoms with E-state index >= 15 is 0 Å². The minimum absolute atomic E-state index is 0.0385. The Morgan fingerprint density at radius 2 is 2.00 bits per heavy atom. The van der Waals surface area contributed by atoms with Crippen LogP contribution in [0.2, 0.25) is 0 Å². The molecule has 3 rings (SSSR count). The summed E-state index contributed by atoms with van der Waals surface area (Å²) in [6, 6.07) is 8.38. The van der Waals surface area contributed by atoms with Crippen molar-refractivity contribution in [3.05, 3.63) is 53.1 Å². The average molecular weight is 417 g/mol. The third kappa shape index (κ3) is 4.59. The molecule has 154 valence electrons. The van der Waals surface area contributed by atoms with Crippen LogP contribution in [-0.2, 0) is 18.3 Å². The number of nitrogens with zero attached hydrogens (tertiary/aromatic N) is 4. The Morgan fingerprint density at radius 3 is 2.72 bits per heavy atom. The van der Waals surface area contributed by atoms with Crippen molar-refractivity contribution in [2.75, 3.05) is 19.5 Å². The van der Waals surface area contributed by atoms with Crippen LogP contribution in [-0.4, -0.2) is 44.6 Å². The molecule has 0 amide bonds. The van der Waals surface area contributed by atoms with Crippen LogP contribution in [0.25, 0.3) is 11.4 Å². The average Bonchev–Trinajstić information content (AvgIpc) is 3.20. The van der Waals surface area contributed by atoms with E-state index in [4.69, 9.17) is 4.74 Å². The van der Waals surface area contributed by atoms with Gasteiger partial charge in [0.2, 0.25) is 0 Å². The van der Waals surface area contributed by atoms with Crippen molar-refractivity contribution in [2.45, 2.75) is 32.0 Å². The summed E-state index contributed by atoms with van der Waals surface area (Å²) >= 11 is 1.30. The second kappa shape index (κ2) is 9.37. The van der Waals surface area contributed by atoms with E-state index in [1.165, 1.54) is 17.8 Å². The molecule has 0 bridgehead atoms. The minimum atomic E-state index is -0.350. The molecule has 0 saturated heterocycles. The van der Waals surface area contributed by atoms with E-state index in [-0.39, 0.29) is 17.4 Å². The number of benzene rings is 1. The van der Waals surface area contributed by atoms with E-state index in [1.807, 2.05) is 19.9 Å². The van der Waals surface area contributed by atoms with Crippen LogP contribution in [0.4, 0.5) is 4.39 Å². The Balaban J connectivity index is 1.71. The molecule has 0 N–H and O–H groups in total. The molecule has 3 aromatic rings. The standard InChI is InChI=1S/C21H25FN4O2S/c1-14-12-17(15(2)26(14)10-7-11-28-4)19(27)13-29-21-24-23-20(25(21)3)16-8-5-6-9-18(16)22/h5-6,8-9,12H,7,10-11,13H2,1-4H3. The summed E-state index contributed by atoms with van der Waals surface area (Å²) < 4.78 is 23.0. The normalized spacial score (nSPS) is 11.2. The highest BCUT2D eigenvalue weighted by atomic mass is 32.2. The van der Waals surface area contributed by atoms with Crippen LogP contribution < -0.4 is 0 Å². The molecular weight excluding hydrogens is 391 g/mol. The maximum Gasteiger partial charge on any atom is 0.191 e. The Kier molecular flexibility index (Phi) is 6.87. The predicted molar refractivity (Wildman–Crippen MR) is 112 cm³/mol. The molecule has 0 fully saturated rings. The highest BCUT2D eigenvalue weighted by Crippen LogP contribution is 2.26. The number of ether oxygens (including phenoxy) is 1. The van der Waals surface area contributed by atoms with E-state index in [2.05, 4.69) is 14.8 Å². The smallest absolute Gasteiger partial charge is 0.191 e. The van der Waals surface area contributed by atoms with Crippen LogP contribution in [0.3, 0.4) is 0 Å². The van der Waals surface area contributed by atoms with Crippen molar-refractivity contribution in [2.24, 2.45) is 7.05 Å². The van der Waals surface area contributed by atoms with Gasteiger partial charge in [-0.25, -0.2) is 4.39 Å². The zero-order valence-corrected chi connectivity index (χ0v) is 17.9. The van der Waals surface area contributed by atoms with Gasteiger partial charge in [-0.05, 0) is 38.5 Å². The zero-order valence-electron chi connectivity index (χ0n) is 17.1. The van der Waals surface area contributed by atoms with Gasteiger partial charge in [0.1, 0.15) is 5.82 Å². The quantitative estimate of drug-likeness (QED) is 0.299. The Bertz CT molecular complexity index is 1010. The van der Waals surface area contributed by atoms with Crippen LogP contribution in [0.15, 0.2) is 35.5 Å². The first-order chi connectivity index (χ1) is 13.9. The van der Waals surface area contributed by atoms with Crippen molar-refractivity contribution in [3.63, 3.8) is 0 Å². The second-order valence-electron chi connectivity index (χ2n) is 6.84. The largest absolute Gasteiger partial charge is 0.385 e. The number of halogens is 1. The van der Waals surface area contributed by atoms with Gasteiger partial charge in [0.25, 0.3) is 0 Å². The van der Waals surface area contributed by atoms with Crippen LogP contribution in [0.5, 0.6) is 0 Å². The van der Waals surface area contributed by atoms with Crippen molar-refractivity contribution >= 4 is 17.5 Å². The number of hydrogen-bond acceptors (Lipinski definition) is 5. The summed E-state index contributed by atoms with van der Waals surface area (Å²) in [5.74, 6) is 0.369. The molecule has 29 heavy (non-hydrogen) atoms. The maximum absolute atomic E-state index is 14.0. The minimum Gasteiger partial charge on any atom is -0.385 e. The van der Waals surface area contributed by atoms with Crippen LogP contribution in [0.1, 0.15) is 28.2 Å². The molecule has 1 aromatic carbocycles. The molecule has 0 aliphatic heterocycles. The second-order valence-corrected chi connectivity index (χ2v) is 7.78. The molecule has 0 aliphatic carbocycles. The van der Waals surface area contributed by atoms with Crippen molar-refractivity contribution in [3.8, 4) is 11.4 Å². The lowest BCUT2D eigenvalue weighted by molar-refractivity contribution is 0.102. The van der Waals surface area contributed by atoms with E-state index in [0.29, 0.717) is 23.2 Å². The van der Waals surface area contributed by atoms with Gasteiger partial charge in [0.05, 0.1) is 11.3 Å². The summed E-state index contributed by atoms with van der Waals surface area (Å²) in [6.07, 6.45) is 0.896. The van der Waals surface area contributed by atoms with Gasteiger partial charge in [-0.2, -0.15) is 0 Å². The Hall–Kier alpha value is -2.45. The van der Waals surface area contributed by atoms with Crippen molar-refractivity contribution in [1.29, 1.82) is 0 Å². The van der Waals surface area contributed by atoms with E-state index in [9.17, 15) is 9.18 Å². The molecule has 6 nitrogen and oxygen atoms in total. The summed E-state index contributed by atoms with van der Waals surface area (Å²) in [4.78, 5) is 12.8. The number of Topliss-reactive ketones (excluding diaryl/α,β-unsaturated/α-hetero) is 1. The zero-order chi connectivity index (χ0) is 21.0. The molecule has 0 unspecified atom stereocenters. The highest BCUT2D eigenvalue weighted by molar-refractivity contribution is 7.99. The van der Waals surface area contributed by atoms with Crippen molar-refractivity contribution in [1.82, 2.24) is 19.3 Å². The lowest BCUT2D eigenvalue weighted by Gasteiger charge is -2.09. The monoisotopic (exact) mass is 416 g/mol. The fraction of sp³-hybridized carbons (Fsp3) is 0.381. The Morgan fingerprint density at radius 1 is 1.24 bits per heavy atom. The first kappa shape index (κ1) is 21.3. The molecule has 8 heteroatoms. The van der Waals surface area contributed by atoms with Crippen LogP contribution in [0, 0.1) is 19.7 Å². The molecule has 0 saturated carbocycles. The van der Waals surface area contributed by atoms with Gasteiger partial charge in [0.15, 0.2) is 16.8 Å². The summed E-state index contributed by atoms with van der Waals surface area (Å²) in [5.41, 5.74) is 3.14. The molecule has 0 atom stereocenters. The van der Waals surface area contributed by atoms with Gasteiger partial charge in [-0.1, -0.05) is 23.9 Å². The third-order valence-corrected chi connectivity index (χ3v) is 5.91. The number of thioether (sulfide) groups is 1. The predicted octanol–water partition coefficient (Wildman–Crippen LogP) is 4.05. The first-order valence-electron chi connectivity index (χ1n) is 9.40. The van der Waals surface area contributed by atoms with Crippen molar-refractivity contribution < 1.29 is 13.9 Å². The summed E-state index contributed by atoms with van der Waals surface area (Å²) in [5, 5.41) is 8.81. The number of carbonyl (C=O) groups excluding carboxylic acids is 1. The molecule has 2 aromatic heterocycles. The number of ketones is 1. The third-order valence-electron chi connectivity index (χ3n) is 4.89. The number of rotatable bonds is 9. The number of methoxy groups -OCH3 is 1. The topological polar surface area (TPSA) is 61.9 Å². The van der Waals surface area contributed by atoms with Gasteiger partial charge < -0.3 is 13.9 Å². The lowest BCUT2D eigenvalue weighted by Crippen LogP contribution is -2.08.